The Morgan fingerprint density at radius 2 is 1.80 bits per heavy atom. The van der Waals surface area contributed by atoms with Gasteiger partial charge < -0.3 is 15.7 Å². The van der Waals surface area contributed by atoms with Crippen molar-refractivity contribution in [1.29, 1.82) is 0 Å². The zero-order valence-corrected chi connectivity index (χ0v) is 12.6. The van der Waals surface area contributed by atoms with Gasteiger partial charge >= 0.3 is 5.97 Å². The lowest BCUT2D eigenvalue weighted by Gasteiger charge is -2.12. The average Bonchev–Trinajstić information content (AvgIpc) is 2.39. The van der Waals surface area contributed by atoms with E-state index < -0.39 is 11.9 Å². The fourth-order valence-corrected chi connectivity index (χ4v) is 1.81. The van der Waals surface area contributed by atoms with Crippen LogP contribution in [-0.4, -0.2) is 42.4 Å². The van der Waals surface area contributed by atoms with Gasteiger partial charge in [-0.15, -0.1) is 0 Å². The van der Waals surface area contributed by atoms with Crippen LogP contribution in [0, 0.1) is 5.92 Å². The first kappa shape index (κ1) is 18.6. The number of carboxylic acid groups (broad SMARTS) is 1. The van der Waals surface area contributed by atoms with Crippen molar-refractivity contribution in [2.75, 3.05) is 13.6 Å². The lowest BCUT2D eigenvalue weighted by atomic mass is 10.1. The maximum absolute atomic E-state index is 11.5. The topological polar surface area (TPSA) is 95.5 Å². The Morgan fingerprint density at radius 1 is 1.15 bits per heavy atom. The average molecular weight is 286 g/mol. The fourth-order valence-electron chi connectivity index (χ4n) is 1.81. The molecular formula is C14H26N2O4. The number of Topliss-reactive ketones (excluding diaryl/α,β-unsaturated/α-hetero) is 1. The van der Waals surface area contributed by atoms with E-state index in [1.165, 1.54) is 0 Å². The summed E-state index contributed by atoms with van der Waals surface area (Å²) in [5.74, 6) is -1.36. The van der Waals surface area contributed by atoms with E-state index in [2.05, 4.69) is 10.6 Å². The first-order chi connectivity index (χ1) is 9.38. The molecule has 1 amide bonds. The Balaban J connectivity index is 3.62. The van der Waals surface area contributed by atoms with E-state index in [4.69, 9.17) is 5.11 Å². The summed E-state index contributed by atoms with van der Waals surface area (Å²) in [6.07, 6.45) is 3.02. The maximum atomic E-state index is 11.5. The number of nitrogens with one attached hydrogen (secondary N) is 2. The monoisotopic (exact) mass is 286 g/mol. The third kappa shape index (κ3) is 8.63. The molecule has 0 aromatic carbocycles. The number of carbonyl (C=O) groups is 3. The zero-order chi connectivity index (χ0) is 15.5. The Hall–Kier alpha value is -1.43. The van der Waals surface area contributed by atoms with Crippen molar-refractivity contribution >= 4 is 17.7 Å². The normalized spacial score (nSPS) is 13.6. The first-order valence-corrected chi connectivity index (χ1v) is 7.05. The molecule has 2 atom stereocenters. The number of amides is 1. The second-order valence-electron chi connectivity index (χ2n) is 5.08. The minimum atomic E-state index is -0.875. The molecule has 0 saturated carbocycles. The van der Waals surface area contributed by atoms with Crippen molar-refractivity contribution in [3.8, 4) is 0 Å². The summed E-state index contributed by atoms with van der Waals surface area (Å²) in [6.45, 7) is 3.72. The van der Waals surface area contributed by atoms with Gasteiger partial charge in [-0.05, 0) is 39.7 Å². The van der Waals surface area contributed by atoms with Crippen LogP contribution in [0.25, 0.3) is 0 Å². The molecule has 0 radical (unpaired) electrons. The number of unbranched alkanes of at least 4 members (excludes halogenated alkanes) is 1. The van der Waals surface area contributed by atoms with Crippen LogP contribution in [0.15, 0.2) is 0 Å². The largest absolute Gasteiger partial charge is 0.481 e. The van der Waals surface area contributed by atoms with Gasteiger partial charge in [0.2, 0.25) is 5.91 Å². The number of hydrogen-bond acceptors (Lipinski definition) is 4. The van der Waals surface area contributed by atoms with E-state index in [1.54, 1.807) is 20.9 Å². The molecule has 0 heterocycles. The van der Waals surface area contributed by atoms with E-state index in [1.807, 2.05) is 0 Å². The van der Waals surface area contributed by atoms with Crippen LogP contribution in [0.3, 0.4) is 0 Å². The number of rotatable bonds is 11. The minimum absolute atomic E-state index is 0.109. The Kier molecular flexibility index (Phi) is 9.63. The molecule has 0 rings (SSSR count). The molecule has 0 spiro atoms. The molecule has 6 nitrogen and oxygen atoms in total. The number of aliphatic carboxylic acids is 1. The highest BCUT2D eigenvalue weighted by molar-refractivity contribution is 5.81. The van der Waals surface area contributed by atoms with Gasteiger partial charge in [-0.25, -0.2) is 0 Å². The highest BCUT2D eigenvalue weighted by atomic mass is 16.4. The molecule has 116 valence electrons. The van der Waals surface area contributed by atoms with Crippen LogP contribution in [0.4, 0.5) is 0 Å². The zero-order valence-electron chi connectivity index (χ0n) is 12.6. The van der Waals surface area contributed by atoms with Crippen LogP contribution in [0.2, 0.25) is 0 Å². The van der Waals surface area contributed by atoms with E-state index in [9.17, 15) is 14.4 Å². The van der Waals surface area contributed by atoms with Gasteiger partial charge in [0.15, 0.2) is 0 Å². The van der Waals surface area contributed by atoms with Crippen molar-refractivity contribution in [1.82, 2.24) is 10.6 Å². The highest BCUT2D eigenvalue weighted by Crippen LogP contribution is 2.05. The van der Waals surface area contributed by atoms with E-state index in [0.29, 0.717) is 13.0 Å². The summed E-state index contributed by atoms with van der Waals surface area (Å²) < 4.78 is 0. The van der Waals surface area contributed by atoms with Crippen LogP contribution in [0.5, 0.6) is 0 Å². The minimum Gasteiger partial charge on any atom is -0.481 e. The smallest absolute Gasteiger partial charge is 0.306 e. The second kappa shape index (κ2) is 10.4. The lowest BCUT2D eigenvalue weighted by molar-refractivity contribution is -0.141. The molecule has 0 aromatic heterocycles. The fraction of sp³-hybridized carbons (Fsp3) is 0.786. The van der Waals surface area contributed by atoms with E-state index in [-0.39, 0.29) is 24.2 Å². The van der Waals surface area contributed by atoms with Crippen molar-refractivity contribution in [2.45, 2.75) is 52.0 Å². The molecule has 0 unspecified atom stereocenters. The summed E-state index contributed by atoms with van der Waals surface area (Å²) >= 11 is 0. The Morgan fingerprint density at radius 3 is 2.30 bits per heavy atom. The molecule has 0 aliphatic carbocycles. The van der Waals surface area contributed by atoms with Gasteiger partial charge in [0.25, 0.3) is 0 Å². The molecule has 0 bridgehead atoms. The van der Waals surface area contributed by atoms with Crippen LogP contribution in [-0.2, 0) is 14.4 Å². The molecular weight excluding hydrogens is 260 g/mol. The molecule has 20 heavy (non-hydrogen) atoms. The summed E-state index contributed by atoms with van der Waals surface area (Å²) in [4.78, 5) is 33.2. The van der Waals surface area contributed by atoms with Crippen molar-refractivity contribution in [3.63, 3.8) is 0 Å². The summed E-state index contributed by atoms with van der Waals surface area (Å²) in [7, 11) is 1.76. The molecule has 0 fully saturated rings. The van der Waals surface area contributed by atoms with E-state index >= 15 is 0 Å². The third-order valence-corrected chi connectivity index (χ3v) is 3.31. The second-order valence-corrected chi connectivity index (χ2v) is 5.08. The summed E-state index contributed by atoms with van der Waals surface area (Å²) in [6, 6.07) is -0.109. The predicted octanol–water partition coefficient (Wildman–Crippen LogP) is 0.951. The highest BCUT2D eigenvalue weighted by Gasteiger charge is 2.13. The lowest BCUT2D eigenvalue weighted by Crippen LogP contribution is -2.32. The standard InChI is InChI=1S/C14H26N2O4/c1-10(14(19)20)7-8-13(18)16-9-5-4-6-12(15-3)11(2)17/h10,12,15H,4-9H2,1-3H3,(H,16,18)(H,19,20)/t10-,12-/m0/s1. The number of likely N-dealkylation sites (N-methyl/N-ethyl adjacent to an activating group) is 1. The number of hydrogen-bond donors (Lipinski definition) is 3. The molecule has 0 saturated heterocycles. The van der Waals surface area contributed by atoms with Crippen molar-refractivity contribution in [2.24, 2.45) is 5.92 Å². The van der Waals surface area contributed by atoms with Gasteiger partial charge in [0.05, 0.1) is 12.0 Å². The van der Waals surface area contributed by atoms with Gasteiger partial charge in [-0.3, -0.25) is 14.4 Å². The van der Waals surface area contributed by atoms with E-state index in [0.717, 1.165) is 19.3 Å². The van der Waals surface area contributed by atoms with Gasteiger partial charge in [-0.2, -0.15) is 0 Å². The number of ketones is 1. The van der Waals surface area contributed by atoms with Gasteiger partial charge in [0.1, 0.15) is 5.78 Å². The SMILES string of the molecule is CN[C@@H](CCCCNC(=O)CC[C@H](C)C(=O)O)C(C)=O. The third-order valence-electron chi connectivity index (χ3n) is 3.31. The van der Waals surface area contributed by atoms with Crippen molar-refractivity contribution < 1.29 is 19.5 Å². The molecule has 0 aromatic rings. The van der Waals surface area contributed by atoms with Crippen LogP contribution in [0.1, 0.15) is 46.0 Å². The molecule has 0 aliphatic rings. The van der Waals surface area contributed by atoms with Crippen LogP contribution >= 0.6 is 0 Å². The molecule has 6 heteroatoms. The molecule has 0 aliphatic heterocycles. The predicted molar refractivity (Wildman–Crippen MR) is 76.4 cm³/mol. The van der Waals surface area contributed by atoms with Crippen molar-refractivity contribution in [3.05, 3.63) is 0 Å². The Labute approximate surface area is 120 Å². The maximum Gasteiger partial charge on any atom is 0.306 e. The first-order valence-electron chi connectivity index (χ1n) is 7.05. The number of carbonyl (C=O) groups excluding carboxylic acids is 2. The van der Waals surface area contributed by atoms with Gasteiger partial charge in [0, 0.05) is 13.0 Å². The van der Waals surface area contributed by atoms with Crippen LogP contribution < -0.4 is 10.6 Å². The quantitative estimate of drug-likeness (QED) is 0.491. The Bertz CT molecular complexity index is 331. The summed E-state index contributed by atoms with van der Waals surface area (Å²) in [5, 5.41) is 14.4. The summed E-state index contributed by atoms with van der Waals surface area (Å²) in [5.41, 5.74) is 0. The molecule has 3 N–H and O–H groups in total. The van der Waals surface area contributed by atoms with Gasteiger partial charge in [-0.1, -0.05) is 6.92 Å². The number of carboxylic acids is 1.